The summed E-state index contributed by atoms with van der Waals surface area (Å²) in [5.74, 6) is -0.209. The van der Waals surface area contributed by atoms with E-state index in [1.807, 2.05) is 6.92 Å². The Balaban J connectivity index is 2.07. The summed E-state index contributed by atoms with van der Waals surface area (Å²) in [4.78, 5) is 0.124. The van der Waals surface area contributed by atoms with Gasteiger partial charge in [0.2, 0.25) is 0 Å². The highest BCUT2D eigenvalue weighted by Crippen LogP contribution is 2.34. The molecule has 0 saturated heterocycles. The lowest BCUT2D eigenvalue weighted by Crippen LogP contribution is -2.14. The molecule has 25 heavy (non-hydrogen) atoms. The van der Waals surface area contributed by atoms with Crippen molar-refractivity contribution in [2.75, 3.05) is 4.72 Å². The molecule has 0 radical (unpaired) electrons. The number of benzene rings is 2. The normalized spacial score (nSPS) is 11.5. The Morgan fingerprint density at radius 3 is 2.52 bits per heavy atom. The largest absolute Gasteiger partial charge is 0.354 e. The maximum atomic E-state index is 13.9. The van der Waals surface area contributed by atoms with Crippen LogP contribution in [0.15, 0.2) is 57.9 Å². The number of aromatic nitrogens is 1. The molecule has 0 fully saturated rings. The number of anilines is 1. The molecule has 0 unspecified atom stereocenters. The Morgan fingerprint density at radius 2 is 1.88 bits per heavy atom. The molecule has 1 N–H and O–H groups in total. The number of nitrogens with one attached hydrogen (secondary N) is 1. The van der Waals surface area contributed by atoms with Crippen LogP contribution >= 0.6 is 0 Å². The molecule has 3 rings (SSSR count). The number of aryl methyl sites for hydroxylation is 2. The Morgan fingerprint density at radius 1 is 1.16 bits per heavy atom. The first-order chi connectivity index (χ1) is 11.9. The molecule has 5 nitrogen and oxygen atoms in total. The fourth-order valence-electron chi connectivity index (χ4n) is 2.39. The van der Waals surface area contributed by atoms with Crippen LogP contribution in [0.5, 0.6) is 0 Å². The zero-order valence-electron chi connectivity index (χ0n) is 13.8. The first-order valence-corrected chi connectivity index (χ1v) is 9.23. The second-order valence-electron chi connectivity index (χ2n) is 5.57. The fourth-order valence-corrected chi connectivity index (χ4v) is 3.51. The van der Waals surface area contributed by atoms with Crippen molar-refractivity contribution < 1.29 is 17.3 Å². The SMILES string of the molecule is CCc1noc(-c2ccc(C)c(F)c2)c1NS(=O)(=O)c1ccccc1. The summed E-state index contributed by atoms with van der Waals surface area (Å²) in [6, 6.07) is 12.6. The van der Waals surface area contributed by atoms with E-state index in [4.69, 9.17) is 4.52 Å². The van der Waals surface area contributed by atoms with Crippen LogP contribution in [0.4, 0.5) is 10.1 Å². The van der Waals surface area contributed by atoms with Crippen molar-refractivity contribution in [3.05, 3.63) is 65.6 Å². The van der Waals surface area contributed by atoms with Gasteiger partial charge >= 0.3 is 0 Å². The summed E-state index contributed by atoms with van der Waals surface area (Å²) in [5, 5.41) is 3.92. The Kier molecular flexibility index (Phi) is 4.59. The summed E-state index contributed by atoms with van der Waals surface area (Å²) in [7, 11) is -3.81. The lowest BCUT2D eigenvalue weighted by atomic mass is 10.1. The van der Waals surface area contributed by atoms with Gasteiger partial charge in [0.15, 0.2) is 5.76 Å². The van der Waals surface area contributed by atoms with E-state index in [-0.39, 0.29) is 16.3 Å². The van der Waals surface area contributed by atoms with Gasteiger partial charge in [-0.15, -0.1) is 0 Å². The van der Waals surface area contributed by atoms with E-state index in [1.165, 1.54) is 18.2 Å². The minimum Gasteiger partial charge on any atom is -0.354 e. The third-order valence-corrected chi connectivity index (χ3v) is 5.19. The van der Waals surface area contributed by atoms with Crippen LogP contribution in [0.1, 0.15) is 18.2 Å². The monoisotopic (exact) mass is 360 g/mol. The van der Waals surface area contributed by atoms with Crippen LogP contribution in [0.25, 0.3) is 11.3 Å². The van der Waals surface area contributed by atoms with Gasteiger partial charge in [-0.2, -0.15) is 0 Å². The molecule has 1 aromatic heterocycles. The van der Waals surface area contributed by atoms with E-state index in [2.05, 4.69) is 9.88 Å². The molecule has 0 aliphatic carbocycles. The molecule has 0 aliphatic rings. The molecule has 0 spiro atoms. The third-order valence-electron chi connectivity index (χ3n) is 3.82. The fraction of sp³-hybridized carbons (Fsp3) is 0.167. The number of halogens is 1. The smallest absolute Gasteiger partial charge is 0.262 e. The zero-order valence-corrected chi connectivity index (χ0v) is 14.6. The van der Waals surface area contributed by atoms with Crippen LogP contribution in [0, 0.1) is 12.7 Å². The minimum atomic E-state index is -3.81. The molecule has 0 bridgehead atoms. The summed E-state index contributed by atoms with van der Waals surface area (Å²) in [6.45, 7) is 3.48. The summed E-state index contributed by atoms with van der Waals surface area (Å²) >= 11 is 0. The van der Waals surface area contributed by atoms with E-state index in [1.54, 1.807) is 37.3 Å². The van der Waals surface area contributed by atoms with Gasteiger partial charge in [0.05, 0.1) is 4.90 Å². The van der Waals surface area contributed by atoms with Crippen LogP contribution in [-0.2, 0) is 16.4 Å². The van der Waals surface area contributed by atoms with Crippen molar-refractivity contribution in [1.29, 1.82) is 0 Å². The lowest BCUT2D eigenvalue weighted by molar-refractivity contribution is 0.424. The van der Waals surface area contributed by atoms with Crippen molar-refractivity contribution >= 4 is 15.7 Å². The molecule has 0 saturated carbocycles. The summed E-state index contributed by atoms with van der Waals surface area (Å²) in [5.41, 5.74) is 1.59. The average Bonchev–Trinajstić information content (AvgIpc) is 3.00. The van der Waals surface area contributed by atoms with Crippen molar-refractivity contribution in [3.63, 3.8) is 0 Å². The number of nitrogens with zero attached hydrogens (tertiary/aromatic N) is 1. The van der Waals surface area contributed by atoms with Crippen molar-refractivity contribution in [2.24, 2.45) is 0 Å². The van der Waals surface area contributed by atoms with Gasteiger partial charge in [0.1, 0.15) is 17.2 Å². The van der Waals surface area contributed by atoms with E-state index < -0.39 is 15.8 Å². The molecule has 0 atom stereocenters. The van der Waals surface area contributed by atoms with Gasteiger partial charge in [-0.05, 0) is 37.1 Å². The van der Waals surface area contributed by atoms with Gasteiger partial charge in [0.25, 0.3) is 10.0 Å². The van der Waals surface area contributed by atoms with E-state index in [0.717, 1.165) is 0 Å². The van der Waals surface area contributed by atoms with E-state index in [9.17, 15) is 12.8 Å². The Bertz CT molecular complexity index is 998. The van der Waals surface area contributed by atoms with E-state index in [0.29, 0.717) is 23.2 Å². The van der Waals surface area contributed by atoms with Gasteiger partial charge in [-0.1, -0.05) is 42.4 Å². The summed E-state index contributed by atoms with van der Waals surface area (Å²) in [6.07, 6.45) is 0.463. The average molecular weight is 360 g/mol. The second kappa shape index (κ2) is 6.68. The molecule has 2 aromatic carbocycles. The predicted octanol–water partition coefficient (Wildman–Crippen LogP) is 4.15. The first-order valence-electron chi connectivity index (χ1n) is 7.75. The van der Waals surface area contributed by atoms with Crippen LogP contribution in [-0.4, -0.2) is 13.6 Å². The van der Waals surface area contributed by atoms with Crippen molar-refractivity contribution in [2.45, 2.75) is 25.2 Å². The highest BCUT2D eigenvalue weighted by molar-refractivity contribution is 7.92. The molecule has 0 amide bonds. The number of hydrogen-bond donors (Lipinski definition) is 1. The Labute approximate surface area is 145 Å². The van der Waals surface area contributed by atoms with E-state index >= 15 is 0 Å². The summed E-state index contributed by atoms with van der Waals surface area (Å²) < 4.78 is 47.0. The number of hydrogen-bond acceptors (Lipinski definition) is 4. The van der Waals surface area contributed by atoms with Crippen molar-refractivity contribution in [1.82, 2.24) is 5.16 Å². The molecule has 3 aromatic rings. The van der Waals surface area contributed by atoms with Crippen LogP contribution in [0.3, 0.4) is 0 Å². The van der Waals surface area contributed by atoms with Gasteiger partial charge in [-0.3, -0.25) is 4.72 Å². The van der Waals surface area contributed by atoms with Crippen LogP contribution < -0.4 is 4.72 Å². The zero-order chi connectivity index (χ0) is 18.0. The number of rotatable bonds is 5. The molecule has 1 heterocycles. The molecule has 0 aliphatic heterocycles. The second-order valence-corrected chi connectivity index (χ2v) is 7.25. The third kappa shape index (κ3) is 3.41. The Hall–Kier alpha value is -2.67. The molecular formula is C18H17FN2O3S. The maximum absolute atomic E-state index is 13.9. The molecule has 130 valence electrons. The topological polar surface area (TPSA) is 72.2 Å². The quantitative estimate of drug-likeness (QED) is 0.742. The van der Waals surface area contributed by atoms with Gasteiger partial charge in [-0.25, -0.2) is 12.8 Å². The highest BCUT2D eigenvalue weighted by Gasteiger charge is 2.23. The van der Waals surface area contributed by atoms with Gasteiger partial charge < -0.3 is 4.52 Å². The number of sulfonamides is 1. The predicted molar refractivity (Wildman–Crippen MR) is 93.3 cm³/mol. The maximum Gasteiger partial charge on any atom is 0.262 e. The first kappa shape index (κ1) is 17.2. The standard InChI is InChI=1S/C18H17FN2O3S/c1-3-16-17(21-25(22,23)14-7-5-4-6-8-14)18(24-20-16)13-10-9-12(2)15(19)11-13/h4-11,21H,3H2,1-2H3. The highest BCUT2D eigenvalue weighted by atomic mass is 32.2. The minimum absolute atomic E-state index is 0.124. The molecular weight excluding hydrogens is 343 g/mol. The molecule has 7 heteroatoms. The van der Waals surface area contributed by atoms with Gasteiger partial charge in [0, 0.05) is 5.56 Å². The van der Waals surface area contributed by atoms with Crippen LogP contribution in [0.2, 0.25) is 0 Å². The van der Waals surface area contributed by atoms with Crippen molar-refractivity contribution in [3.8, 4) is 11.3 Å². The lowest BCUT2D eigenvalue weighted by Gasteiger charge is -2.09.